The minimum absolute atomic E-state index is 0.190. The van der Waals surface area contributed by atoms with E-state index < -0.39 is 0 Å². The molecular weight excluding hydrogens is 266 g/mol. The molecule has 1 amide bonds. The van der Waals surface area contributed by atoms with Crippen LogP contribution in [0.5, 0.6) is 0 Å². The highest BCUT2D eigenvalue weighted by Crippen LogP contribution is 2.20. The monoisotopic (exact) mass is 291 g/mol. The number of aromatic nitrogens is 2. The first-order valence-electron chi connectivity index (χ1n) is 7.77. The first kappa shape index (κ1) is 15.7. The van der Waals surface area contributed by atoms with Crippen molar-refractivity contribution in [2.45, 2.75) is 58.5 Å². The molecule has 1 fully saturated rings. The highest BCUT2D eigenvalue weighted by Gasteiger charge is 2.26. The molecule has 1 aromatic heterocycles. The molecule has 1 aliphatic heterocycles. The van der Waals surface area contributed by atoms with Crippen molar-refractivity contribution in [2.75, 3.05) is 11.9 Å². The third-order valence-corrected chi connectivity index (χ3v) is 3.86. The number of nitrogens with zero attached hydrogens (tertiary/aromatic N) is 3. The Balaban J connectivity index is 1.96. The number of amides is 1. The van der Waals surface area contributed by atoms with Crippen LogP contribution in [0.15, 0.2) is 12.4 Å². The molecule has 1 aromatic rings. The normalized spacial score (nSPS) is 22.8. The minimum Gasteiger partial charge on any atom is -0.369 e. The highest BCUT2D eigenvalue weighted by molar-refractivity contribution is 5.91. The molecule has 1 saturated heterocycles. The number of anilines is 1. The van der Waals surface area contributed by atoms with E-state index in [0.29, 0.717) is 23.6 Å². The second-order valence-corrected chi connectivity index (χ2v) is 5.69. The standard InChI is InChI=1S/C15H25N5O/c1-4-8-16-14-10-17-13(9-18-14)15(21)19-20-11(2)6-5-7-12(20)3/h9-12H,4-8H2,1-3H3,(H,16,18)(H,19,21). The van der Waals surface area contributed by atoms with Gasteiger partial charge in [-0.1, -0.05) is 13.3 Å². The first-order chi connectivity index (χ1) is 10.1. The summed E-state index contributed by atoms with van der Waals surface area (Å²) in [7, 11) is 0. The van der Waals surface area contributed by atoms with Gasteiger partial charge >= 0.3 is 0 Å². The van der Waals surface area contributed by atoms with Crippen LogP contribution in [0.3, 0.4) is 0 Å². The van der Waals surface area contributed by atoms with E-state index in [9.17, 15) is 4.79 Å². The van der Waals surface area contributed by atoms with E-state index in [2.05, 4.69) is 41.5 Å². The van der Waals surface area contributed by atoms with Crippen molar-refractivity contribution < 1.29 is 4.79 Å². The van der Waals surface area contributed by atoms with Gasteiger partial charge in [-0.05, 0) is 33.1 Å². The lowest BCUT2D eigenvalue weighted by atomic mass is 10.00. The van der Waals surface area contributed by atoms with Crippen LogP contribution in [0.4, 0.5) is 5.82 Å². The van der Waals surface area contributed by atoms with E-state index in [-0.39, 0.29) is 5.91 Å². The average molecular weight is 291 g/mol. The van der Waals surface area contributed by atoms with Gasteiger partial charge in [0.2, 0.25) is 0 Å². The summed E-state index contributed by atoms with van der Waals surface area (Å²) in [5, 5.41) is 5.18. The molecule has 6 heteroatoms. The first-order valence-corrected chi connectivity index (χ1v) is 7.77. The topological polar surface area (TPSA) is 70.2 Å². The fraction of sp³-hybridized carbons (Fsp3) is 0.667. The van der Waals surface area contributed by atoms with E-state index in [1.165, 1.54) is 12.6 Å². The number of piperidine rings is 1. The van der Waals surface area contributed by atoms with Gasteiger partial charge in [-0.15, -0.1) is 0 Å². The van der Waals surface area contributed by atoms with Crippen LogP contribution >= 0.6 is 0 Å². The van der Waals surface area contributed by atoms with Crippen molar-refractivity contribution in [3.05, 3.63) is 18.1 Å². The Hall–Kier alpha value is -1.69. The van der Waals surface area contributed by atoms with E-state index in [4.69, 9.17) is 0 Å². The summed E-state index contributed by atoms with van der Waals surface area (Å²) in [4.78, 5) is 20.7. The largest absolute Gasteiger partial charge is 0.369 e. The van der Waals surface area contributed by atoms with Crippen LogP contribution in [0.25, 0.3) is 0 Å². The molecule has 6 nitrogen and oxygen atoms in total. The van der Waals surface area contributed by atoms with Crippen molar-refractivity contribution >= 4 is 11.7 Å². The van der Waals surface area contributed by atoms with Gasteiger partial charge < -0.3 is 5.32 Å². The Bertz CT molecular complexity index is 452. The van der Waals surface area contributed by atoms with Gasteiger partial charge in [-0.3, -0.25) is 10.2 Å². The van der Waals surface area contributed by atoms with Crippen LogP contribution in [0.2, 0.25) is 0 Å². The van der Waals surface area contributed by atoms with Crippen LogP contribution in [-0.2, 0) is 0 Å². The Labute approximate surface area is 126 Å². The molecule has 0 spiro atoms. The quantitative estimate of drug-likeness (QED) is 0.870. The zero-order valence-electron chi connectivity index (χ0n) is 13.1. The summed E-state index contributed by atoms with van der Waals surface area (Å²) >= 11 is 0. The predicted octanol–water partition coefficient (Wildman–Crippen LogP) is 2.21. The summed E-state index contributed by atoms with van der Waals surface area (Å²) in [5.41, 5.74) is 3.32. The average Bonchev–Trinajstić information content (AvgIpc) is 2.49. The Kier molecular flexibility index (Phi) is 5.50. The minimum atomic E-state index is -0.190. The fourth-order valence-electron chi connectivity index (χ4n) is 2.61. The molecule has 0 aliphatic carbocycles. The Morgan fingerprint density at radius 1 is 1.29 bits per heavy atom. The van der Waals surface area contributed by atoms with Gasteiger partial charge in [0.05, 0.1) is 12.4 Å². The summed E-state index contributed by atoms with van der Waals surface area (Å²) < 4.78 is 0. The zero-order chi connectivity index (χ0) is 15.2. The molecular formula is C15H25N5O. The van der Waals surface area contributed by atoms with Crippen molar-refractivity contribution in [1.29, 1.82) is 0 Å². The van der Waals surface area contributed by atoms with E-state index >= 15 is 0 Å². The molecule has 2 heterocycles. The smallest absolute Gasteiger partial charge is 0.285 e. The fourth-order valence-corrected chi connectivity index (χ4v) is 2.61. The van der Waals surface area contributed by atoms with Crippen molar-refractivity contribution in [3.8, 4) is 0 Å². The van der Waals surface area contributed by atoms with E-state index in [1.807, 2.05) is 5.01 Å². The second kappa shape index (κ2) is 7.36. The van der Waals surface area contributed by atoms with Crippen LogP contribution < -0.4 is 10.7 Å². The molecule has 1 aliphatic rings. The SMILES string of the molecule is CCCNc1cnc(C(=O)NN2C(C)CCCC2C)cn1. The predicted molar refractivity (Wildman–Crippen MR) is 82.9 cm³/mol. The Morgan fingerprint density at radius 3 is 2.57 bits per heavy atom. The summed E-state index contributed by atoms with van der Waals surface area (Å²) in [6, 6.07) is 0.715. The van der Waals surface area contributed by atoms with Gasteiger partial charge in [0.1, 0.15) is 11.5 Å². The number of hydrogen-bond acceptors (Lipinski definition) is 5. The Morgan fingerprint density at radius 2 is 2.00 bits per heavy atom. The maximum Gasteiger partial charge on any atom is 0.285 e. The maximum absolute atomic E-state index is 12.3. The third kappa shape index (κ3) is 4.14. The lowest BCUT2D eigenvalue weighted by molar-refractivity contribution is 0.0366. The lowest BCUT2D eigenvalue weighted by Gasteiger charge is -2.38. The van der Waals surface area contributed by atoms with Crippen molar-refractivity contribution in [3.63, 3.8) is 0 Å². The number of carbonyl (C=O) groups excluding carboxylic acids is 1. The number of carbonyl (C=O) groups is 1. The molecule has 2 unspecified atom stereocenters. The number of rotatable bonds is 5. The summed E-state index contributed by atoms with van der Waals surface area (Å²) in [5.74, 6) is 0.512. The number of hydrogen-bond donors (Lipinski definition) is 2. The summed E-state index contributed by atoms with van der Waals surface area (Å²) in [6.07, 6.45) is 7.58. The van der Waals surface area contributed by atoms with Crippen LogP contribution in [0.1, 0.15) is 56.9 Å². The molecule has 0 bridgehead atoms. The number of hydrazine groups is 1. The molecule has 2 atom stereocenters. The van der Waals surface area contributed by atoms with Crippen LogP contribution in [-0.4, -0.2) is 39.5 Å². The molecule has 0 radical (unpaired) electrons. The zero-order valence-corrected chi connectivity index (χ0v) is 13.1. The van der Waals surface area contributed by atoms with Gasteiger partial charge in [-0.25, -0.2) is 15.0 Å². The van der Waals surface area contributed by atoms with Gasteiger partial charge in [0.15, 0.2) is 0 Å². The summed E-state index contributed by atoms with van der Waals surface area (Å²) in [6.45, 7) is 7.21. The molecule has 116 valence electrons. The van der Waals surface area contributed by atoms with Crippen LogP contribution in [0, 0.1) is 0 Å². The molecule has 2 rings (SSSR count). The molecule has 0 aromatic carbocycles. The van der Waals surface area contributed by atoms with Crippen molar-refractivity contribution in [1.82, 2.24) is 20.4 Å². The lowest BCUT2D eigenvalue weighted by Crippen LogP contribution is -2.54. The third-order valence-electron chi connectivity index (χ3n) is 3.86. The molecule has 21 heavy (non-hydrogen) atoms. The van der Waals surface area contributed by atoms with E-state index in [0.717, 1.165) is 25.8 Å². The van der Waals surface area contributed by atoms with Crippen molar-refractivity contribution in [2.24, 2.45) is 0 Å². The molecule has 2 N–H and O–H groups in total. The van der Waals surface area contributed by atoms with Gasteiger partial charge in [0, 0.05) is 18.6 Å². The molecule has 0 saturated carbocycles. The maximum atomic E-state index is 12.3. The number of nitrogens with one attached hydrogen (secondary N) is 2. The highest BCUT2D eigenvalue weighted by atomic mass is 16.2. The van der Waals surface area contributed by atoms with Gasteiger partial charge in [0.25, 0.3) is 5.91 Å². The van der Waals surface area contributed by atoms with E-state index in [1.54, 1.807) is 6.20 Å². The van der Waals surface area contributed by atoms with Gasteiger partial charge in [-0.2, -0.15) is 0 Å². The second-order valence-electron chi connectivity index (χ2n) is 5.69.